The first-order valence-corrected chi connectivity index (χ1v) is 13.6. The molecule has 170 valence electrons. The van der Waals surface area contributed by atoms with Crippen molar-refractivity contribution in [1.29, 1.82) is 0 Å². The summed E-state index contributed by atoms with van der Waals surface area (Å²) in [5.41, 5.74) is 2.01. The highest BCUT2D eigenvalue weighted by atomic mass is 28.4. The highest BCUT2D eigenvalue weighted by Gasteiger charge is 2.50. The second-order valence-corrected chi connectivity index (χ2v) is 13.9. The van der Waals surface area contributed by atoms with Crippen molar-refractivity contribution < 1.29 is 14.0 Å². The number of benzene rings is 3. The summed E-state index contributed by atoms with van der Waals surface area (Å²) in [6.45, 7) is 7.47. The van der Waals surface area contributed by atoms with Crippen molar-refractivity contribution >= 4 is 30.2 Å². The van der Waals surface area contributed by atoms with Gasteiger partial charge in [-0.05, 0) is 33.8 Å². The molecule has 0 saturated heterocycles. The molecule has 1 aliphatic heterocycles. The number of carbonyl (C=O) groups is 1. The summed E-state index contributed by atoms with van der Waals surface area (Å²) in [6.07, 6.45) is 2.96. The number of ether oxygens (including phenoxy) is 1. The van der Waals surface area contributed by atoms with Crippen LogP contribution in [0.15, 0.2) is 97.1 Å². The lowest BCUT2D eigenvalue weighted by atomic mass is 9.98. The zero-order valence-electron chi connectivity index (χ0n) is 19.7. The van der Waals surface area contributed by atoms with Gasteiger partial charge in [0.05, 0.1) is 0 Å². The van der Waals surface area contributed by atoms with Crippen LogP contribution in [0, 0.1) is 0 Å². The Morgan fingerprint density at radius 2 is 1.33 bits per heavy atom. The Morgan fingerprint density at radius 1 is 0.818 bits per heavy atom. The molecule has 1 heterocycles. The third kappa shape index (κ3) is 4.87. The third-order valence-corrected chi connectivity index (χ3v) is 11.4. The first-order valence-electron chi connectivity index (χ1n) is 11.6. The van der Waals surface area contributed by atoms with Crippen LogP contribution in [0.3, 0.4) is 0 Å². The smallest absolute Gasteiger partial charge is 0.331 e. The van der Waals surface area contributed by atoms with E-state index in [0.29, 0.717) is 6.61 Å². The van der Waals surface area contributed by atoms with E-state index in [1.54, 1.807) is 6.08 Å². The number of hydrogen-bond acceptors (Lipinski definition) is 3. The Morgan fingerprint density at radius 3 is 1.85 bits per heavy atom. The van der Waals surface area contributed by atoms with Gasteiger partial charge in [0.1, 0.15) is 6.10 Å². The minimum atomic E-state index is -2.54. The average molecular weight is 457 g/mol. The monoisotopic (exact) mass is 456 g/mol. The molecule has 0 N–H and O–H groups in total. The van der Waals surface area contributed by atoms with Crippen LogP contribution in [0.2, 0.25) is 5.04 Å². The molecule has 0 aliphatic carbocycles. The van der Waals surface area contributed by atoms with Gasteiger partial charge >= 0.3 is 5.97 Å². The molecule has 0 bridgehead atoms. The zero-order chi connectivity index (χ0) is 23.3. The highest BCUT2D eigenvalue weighted by Crippen LogP contribution is 2.37. The summed E-state index contributed by atoms with van der Waals surface area (Å²) in [5, 5.41) is 2.51. The van der Waals surface area contributed by atoms with Crippen LogP contribution < -0.4 is 10.4 Å². The van der Waals surface area contributed by atoms with Crippen LogP contribution in [-0.2, 0) is 14.0 Å². The lowest BCUT2D eigenvalue weighted by Crippen LogP contribution is -2.66. The SMILES string of the molecule is CC(C)(C)[Si](OCCCC1OC(=O)C=C1c1ccccc1)(c1ccccc1)c1ccccc1. The molecule has 33 heavy (non-hydrogen) atoms. The Hall–Kier alpha value is -2.95. The Balaban J connectivity index is 1.54. The number of hydrogen-bond donors (Lipinski definition) is 0. The van der Waals surface area contributed by atoms with E-state index in [1.165, 1.54) is 10.4 Å². The summed E-state index contributed by atoms with van der Waals surface area (Å²) in [4.78, 5) is 12.0. The highest BCUT2D eigenvalue weighted by molar-refractivity contribution is 6.99. The van der Waals surface area contributed by atoms with E-state index in [-0.39, 0.29) is 17.1 Å². The van der Waals surface area contributed by atoms with Crippen molar-refractivity contribution in [2.24, 2.45) is 0 Å². The normalized spacial score (nSPS) is 16.4. The largest absolute Gasteiger partial charge is 0.454 e. The van der Waals surface area contributed by atoms with Crippen LogP contribution in [0.4, 0.5) is 0 Å². The average Bonchev–Trinajstić information content (AvgIpc) is 3.20. The molecule has 3 aromatic carbocycles. The van der Waals surface area contributed by atoms with Crippen LogP contribution in [0.5, 0.6) is 0 Å². The van der Waals surface area contributed by atoms with Crippen LogP contribution in [0.1, 0.15) is 39.2 Å². The fourth-order valence-corrected chi connectivity index (χ4v) is 9.43. The number of carbonyl (C=O) groups excluding carboxylic acids is 1. The molecule has 3 aromatic rings. The summed E-state index contributed by atoms with van der Waals surface area (Å²) in [5.74, 6) is -0.258. The molecule has 0 amide bonds. The van der Waals surface area contributed by atoms with Crippen molar-refractivity contribution in [3.8, 4) is 0 Å². The minimum absolute atomic E-state index is 0.0510. The van der Waals surface area contributed by atoms with Gasteiger partial charge in [-0.15, -0.1) is 0 Å². The van der Waals surface area contributed by atoms with Crippen LogP contribution in [-0.4, -0.2) is 27.0 Å². The van der Waals surface area contributed by atoms with Crippen LogP contribution >= 0.6 is 0 Å². The fourth-order valence-electron chi connectivity index (χ4n) is 4.83. The number of esters is 1. The van der Waals surface area contributed by atoms with E-state index in [0.717, 1.165) is 24.0 Å². The van der Waals surface area contributed by atoms with Gasteiger partial charge in [-0.3, -0.25) is 0 Å². The Labute approximate surface area is 198 Å². The molecule has 0 aromatic heterocycles. The second-order valence-electron chi connectivity index (χ2n) is 9.55. The maximum Gasteiger partial charge on any atom is 0.331 e. The third-order valence-electron chi connectivity index (χ3n) is 6.33. The summed E-state index contributed by atoms with van der Waals surface area (Å²) >= 11 is 0. The van der Waals surface area contributed by atoms with E-state index in [1.807, 2.05) is 30.3 Å². The molecule has 0 radical (unpaired) electrons. The van der Waals surface area contributed by atoms with Gasteiger partial charge in [-0.25, -0.2) is 4.79 Å². The van der Waals surface area contributed by atoms with Gasteiger partial charge < -0.3 is 9.16 Å². The van der Waals surface area contributed by atoms with Gasteiger partial charge in [0, 0.05) is 18.3 Å². The number of cyclic esters (lactones) is 1. The molecule has 1 aliphatic rings. The lowest BCUT2D eigenvalue weighted by Gasteiger charge is -2.43. The van der Waals surface area contributed by atoms with Gasteiger partial charge in [-0.1, -0.05) is 112 Å². The molecule has 4 heteroatoms. The molecule has 0 spiro atoms. The van der Waals surface area contributed by atoms with Gasteiger partial charge in [-0.2, -0.15) is 0 Å². The zero-order valence-corrected chi connectivity index (χ0v) is 20.7. The molecular weight excluding hydrogens is 424 g/mol. The standard InChI is InChI=1S/C29H32O3Si/c1-29(2,3)33(24-16-9-5-10-17-24,25-18-11-6-12-19-25)31-21-13-20-27-26(22-28(30)32-27)23-14-7-4-8-15-23/h4-12,14-19,22,27H,13,20-21H2,1-3H3. The summed E-state index contributed by atoms with van der Waals surface area (Å²) in [7, 11) is -2.54. The lowest BCUT2D eigenvalue weighted by molar-refractivity contribution is -0.138. The summed E-state index contributed by atoms with van der Waals surface area (Å²) < 4.78 is 12.6. The predicted molar refractivity (Wildman–Crippen MR) is 137 cm³/mol. The quantitative estimate of drug-likeness (QED) is 0.260. The van der Waals surface area contributed by atoms with Gasteiger partial charge in [0.25, 0.3) is 8.32 Å². The van der Waals surface area contributed by atoms with Crippen molar-refractivity contribution in [2.75, 3.05) is 6.61 Å². The molecule has 4 rings (SSSR count). The predicted octanol–water partition coefficient (Wildman–Crippen LogP) is 5.35. The maximum absolute atomic E-state index is 12.0. The van der Waals surface area contributed by atoms with E-state index >= 15 is 0 Å². The van der Waals surface area contributed by atoms with Crippen molar-refractivity contribution in [3.63, 3.8) is 0 Å². The van der Waals surface area contributed by atoms with Crippen molar-refractivity contribution in [2.45, 2.75) is 44.8 Å². The molecule has 1 atom stereocenters. The molecule has 3 nitrogen and oxygen atoms in total. The van der Waals surface area contributed by atoms with E-state index in [2.05, 4.69) is 81.4 Å². The molecule has 1 unspecified atom stereocenters. The number of rotatable bonds is 8. The van der Waals surface area contributed by atoms with Gasteiger partial charge in [0.15, 0.2) is 0 Å². The van der Waals surface area contributed by atoms with Crippen molar-refractivity contribution in [3.05, 3.63) is 103 Å². The summed E-state index contributed by atoms with van der Waals surface area (Å²) in [6, 6.07) is 31.4. The minimum Gasteiger partial charge on any atom is -0.454 e. The second kappa shape index (κ2) is 9.90. The van der Waals surface area contributed by atoms with E-state index in [9.17, 15) is 4.79 Å². The van der Waals surface area contributed by atoms with Crippen LogP contribution in [0.25, 0.3) is 5.57 Å². The first-order chi connectivity index (χ1) is 15.9. The van der Waals surface area contributed by atoms with E-state index < -0.39 is 8.32 Å². The van der Waals surface area contributed by atoms with Gasteiger partial charge in [0.2, 0.25) is 0 Å². The van der Waals surface area contributed by atoms with Crippen molar-refractivity contribution in [1.82, 2.24) is 0 Å². The first kappa shape index (κ1) is 23.2. The Kier molecular flexibility index (Phi) is 6.96. The molecule has 0 saturated carbocycles. The molecular formula is C29H32O3Si. The Bertz CT molecular complexity index is 1050. The molecule has 0 fully saturated rings. The maximum atomic E-state index is 12.0. The fraction of sp³-hybridized carbons (Fsp3) is 0.276. The van der Waals surface area contributed by atoms with E-state index in [4.69, 9.17) is 9.16 Å². The topological polar surface area (TPSA) is 35.5 Å².